The molecule has 0 saturated heterocycles. The summed E-state index contributed by atoms with van der Waals surface area (Å²) in [4.78, 5) is 14.2. The second-order valence-electron chi connectivity index (χ2n) is 3.63. The summed E-state index contributed by atoms with van der Waals surface area (Å²) < 4.78 is 0. The number of allylic oxidation sites excluding steroid dienone is 2. The van der Waals surface area contributed by atoms with E-state index in [1.807, 2.05) is 0 Å². The van der Waals surface area contributed by atoms with Crippen molar-refractivity contribution in [3.8, 4) is 0 Å². The van der Waals surface area contributed by atoms with Crippen LogP contribution in [0.2, 0.25) is 0 Å². The molecule has 1 aromatic heterocycles. The summed E-state index contributed by atoms with van der Waals surface area (Å²) in [6, 6.07) is 1.73. The van der Waals surface area contributed by atoms with Gasteiger partial charge >= 0.3 is 0 Å². The van der Waals surface area contributed by atoms with Crippen LogP contribution < -0.4 is 0 Å². The molecule has 1 aliphatic rings. The molecule has 0 fully saturated rings. The Labute approximate surface area is 87.8 Å². The van der Waals surface area contributed by atoms with Crippen molar-refractivity contribution in [2.24, 2.45) is 0 Å². The third-order valence-electron chi connectivity index (χ3n) is 2.63. The van der Waals surface area contributed by atoms with Gasteiger partial charge in [-0.25, -0.2) is 0 Å². The van der Waals surface area contributed by atoms with E-state index in [1.165, 1.54) is 12.6 Å². The highest BCUT2D eigenvalue weighted by molar-refractivity contribution is 5.72. The van der Waals surface area contributed by atoms with Gasteiger partial charge in [0.15, 0.2) is 0 Å². The summed E-state index contributed by atoms with van der Waals surface area (Å²) in [6.45, 7) is 0. The Hall–Kier alpha value is -1.71. The lowest BCUT2D eigenvalue weighted by molar-refractivity contribution is -0.385. The van der Waals surface area contributed by atoms with Gasteiger partial charge in [-0.1, -0.05) is 6.08 Å². The summed E-state index contributed by atoms with van der Waals surface area (Å²) in [5, 5.41) is 10.8. The highest BCUT2D eigenvalue weighted by atomic mass is 16.6. The van der Waals surface area contributed by atoms with Crippen molar-refractivity contribution >= 4 is 11.3 Å². The molecule has 2 rings (SSSR count). The van der Waals surface area contributed by atoms with Gasteiger partial charge in [0.1, 0.15) is 6.20 Å². The SMILES string of the molecule is O=[N+]([O-])c1cnccc1C1=CCCCC1. The van der Waals surface area contributed by atoms with Crippen molar-refractivity contribution < 1.29 is 4.92 Å². The Balaban J connectivity index is 2.42. The van der Waals surface area contributed by atoms with Crippen molar-refractivity contribution in [1.29, 1.82) is 0 Å². The first-order chi connectivity index (χ1) is 7.29. The van der Waals surface area contributed by atoms with Crippen LogP contribution in [0, 0.1) is 10.1 Å². The largest absolute Gasteiger partial charge is 0.294 e. The lowest BCUT2D eigenvalue weighted by Crippen LogP contribution is -1.98. The minimum absolute atomic E-state index is 0.116. The van der Waals surface area contributed by atoms with E-state index < -0.39 is 0 Å². The highest BCUT2D eigenvalue weighted by Gasteiger charge is 2.17. The monoisotopic (exact) mass is 204 g/mol. The molecule has 0 aromatic carbocycles. The van der Waals surface area contributed by atoms with Crippen LogP contribution in [-0.2, 0) is 0 Å². The average Bonchev–Trinajstić information content (AvgIpc) is 2.30. The number of nitro groups is 1. The average molecular weight is 204 g/mol. The molecular weight excluding hydrogens is 192 g/mol. The van der Waals surface area contributed by atoms with Gasteiger partial charge in [0.2, 0.25) is 0 Å². The van der Waals surface area contributed by atoms with Gasteiger partial charge in [0, 0.05) is 6.20 Å². The Kier molecular flexibility index (Phi) is 2.76. The first-order valence-corrected chi connectivity index (χ1v) is 5.07. The van der Waals surface area contributed by atoms with Gasteiger partial charge in [-0.2, -0.15) is 0 Å². The van der Waals surface area contributed by atoms with Crippen molar-refractivity contribution in [2.75, 3.05) is 0 Å². The van der Waals surface area contributed by atoms with Crippen LogP contribution in [0.25, 0.3) is 5.57 Å². The molecule has 0 aliphatic heterocycles. The van der Waals surface area contributed by atoms with E-state index in [0.717, 1.165) is 30.4 Å². The normalized spacial score (nSPS) is 15.9. The zero-order valence-corrected chi connectivity index (χ0v) is 8.35. The fraction of sp³-hybridized carbons (Fsp3) is 0.364. The second kappa shape index (κ2) is 4.21. The quantitative estimate of drug-likeness (QED) is 0.549. The summed E-state index contributed by atoms with van der Waals surface area (Å²) in [5.41, 5.74) is 1.94. The Morgan fingerprint density at radius 2 is 2.27 bits per heavy atom. The Morgan fingerprint density at radius 3 is 2.93 bits per heavy atom. The predicted octanol–water partition coefficient (Wildman–Crippen LogP) is 2.95. The molecule has 0 radical (unpaired) electrons. The van der Waals surface area contributed by atoms with Crippen molar-refractivity contribution in [2.45, 2.75) is 25.7 Å². The zero-order chi connectivity index (χ0) is 10.7. The zero-order valence-electron chi connectivity index (χ0n) is 8.35. The molecule has 78 valence electrons. The predicted molar refractivity (Wildman–Crippen MR) is 57.3 cm³/mol. The molecule has 4 nitrogen and oxygen atoms in total. The minimum Gasteiger partial charge on any atom is -0.258 e. The van der Waals surface area contributed by atoms with E-state index in [9.17, 15) is 10.1 Å². The number of hydrogen-bond donors (Lipinski definition) is 0. The molecule has 0 unspecified atom stereocenters. The van der Waals surface area contributed by atoms with Crippen molar-refractivity contribution in [3.05, 3.63) is 40.2 Å². The third-order valence-corrected chi connectivity index (χ3v) is 2.63. The molecule has 0 saturated carbocycles. The Morgan fingerprint density at radius 1 is 1.40 bits per heavy atom. The lowest BCUT2D eigenvalue weighted by atomic mass is 9.93. The van der Waals surface area contributed by atoms with Crippen LogP contribution in [-0.4, -0.2) is 9.91 Å². The van der Waals surface area contributed by atoms with Crippen LogP contribution in [0.3, 0.4) is 0 Å². The van der Waals surface area contributed by atoms with E-state index in [4.69, 9.17) is 0 Å². The first kappa shape index (κ1) is 9.83. The molecular formula is C11H12N2O2. The summed E-state index contributed by atoms with van der Waals surface area (Å²) >= 11 is 0. The summed E-state index contributed by atoms with van der Waals surface area (Å²) in [7, 11) is 0. The molecule has 15 heavy (non-hydrogen) atoms. The topological polar surface area (TPSA) is 56.0 Å². The van der Waals surface area contributed by atoms with Gasteiger partial charge in [0.25, 0.3) is 5.69 Å². The summed E-state index contributed by atoms with van der Waals surface area (Å²) in [6.07, 6.45) is 9.29. The molecule has 0 amide bonds. The summed E-state index contributed by atoms with van der Waals surface area (Å²) in [5.74, 6) is 0. The standard InChI is InChI=1S/C11H12N2O2/c14-13(15)11-8-12-7-6-10(11)9-4-2-1-3-5-9/h4,6-8H,1-3,5H2. The molecule has 1 aromatic rings. The fourth-order valence-corrected chi connectivity index (χ4v) is 1.89. The molecule has 0 bridgehead atoms. The van der Waals surface area contributed by atoms with Crippen LogP contribution >= 0.6 is 0 Å². The van der Waals surface area contributed by atoms with Gasteiger partial charge in [-0.05, 0) is 37.3 Å². The number of nitrogens with zero attached hydrogens (tertiary/aromatic N) is 2. The smallest absolute Gasteiger partial charge is 0.258 e. The second-order valence-corrected chi connectivity index (χ2v) is 3.63. The number of pyridine rings is 1. The van der Waals surface area contributed by atoms with E-state index in [-0.39, 0.29) is 10.6 Å². The van der Waals surface area contributed by atoms with Crippen LogP contribution in [0.4, 0.5) is 5.69 Å². The maximum Gasteiger partial charge on any atom is 0.294 e. The van der Waals surface area contributed by atoms with Gasteiger partial charge in [-0.15, -0.1) is 0 Å². The number of hydrogen-bond acceptors (Lipinski definition) is 3. The molecule has 0 spiro atoms. The molecule has 0 N–H and O–H groups in total. The lowest BCUT2D eigenvalue weighted by Gasteiger charge is -2.12. The maximum atomic E-state index is 10.8. The van der Waals surface area contributed by atoms with Crippen LogP contribution in [0.5, 0.6) is 0 Å². The molecule has 0 atom stereocenters. The Bertz CT molecular complexity index is 413. The number of aromatic nitrogens is 1. The van der Waals surface area contributed by atoms with Crippen LogP contribution in [0.15, 0.2) is 24.5 Å². The molecule has 4 heteroatoms. The minimum atomic E-state index is -0.363. The van der Waals surface area contributed by atoms with Crippen molar-refractivity contribution in [1.82, 2.24) is 4.98 Å². The maximum absolute atomic E-state index is 10.8. The highest BCUT2D eigenvalue weighted by Crippen LogP contribution is 2.31. The van der Waals surface area contributed by atoms with Gasteiger partial charge in [-0.3, -0.25) is 15.1 Å². The third kappa shape index (κ3) is 2.03. The number of rotatable bonds is 2. The van der Waals surface area contributed by atoms with Crippen LogP contribution in [0.1, 0.15) is 31.2 Å². The molecule has 1 heterocycles. The molecule has 1 aliphatic carbocycles. The first-order valence-electron chi connectivity index (χ1n) is 5.07. The van der Waals surface area contributed by atoms with E-state index in [2.05, 4.69) is 11.1 Å². The van der Waals surface area contributed by atoms with E-state index >= 15 is 0 Å². The van der Waals surface area contributed by atoms with E-state index in [1.54, 1.807) is 12.3 Å². The van der Waals surface area contributed by atoms with Crippen molar-refractivity contribution in [3.63, 3.8) is 0 Å². The van der Waals surface area contributed by atoms with Gasteiger partial charge in [0.05, 0.1) is 10.5 Å². The fourth-order valence-electron chi connectivity index (χ4n) is 1.89. The van der Waals surface area contributed by atoms with Gasteiger partial charge < -0.3 is 0 Å². The van der Waals surface area contributed by atoms with E-state index in [0.29, 0.717) is 0 Å².